The van der Waals surface area contributed by atoms with Crippen LogP contribution in [0.15, 0.2) is 16.6 Å². The van der Waals surface area contributed by atoms with Crippen molar-refractivity contribution in [1.29, 1.82) is 0 Å². The van der Waals surface area contributed by atoms with Gasteiger partial charge in [-0.25, -0.2) is 0 Å². The number of alkyl halides is 1. The first-order chi connectivity index (χ1) is 4.72. The topological polar surface area (TPSA) is 12.9 Å². The van der Waals surface area contributed by atoms with Crippen LogP contribution in [0.5, 0.6) is 0 Å². The van der Waals surface area contributed by atoms with E-state index in [1.54, 1.807) is 0 Å². The Morgan fingerprint density at radius 1 is 1.55 bits per heavy atom. The fourth-order valence-corrected chi connectivity index (χ4v) is 1.49. The van der Waals surface area contributed by atoms with Crippen LogP contribution in [0, 0.1) is 6.92 Å². The molecule has 0 aliphatic heterocycles. The zero-order chi connectivity index (χ0) is 7.56. The normalized spacial score (nSPS) is 9.00. The van der Waals surface area contributed by atoms with Gasteiger partial charge in [0, 0.05) is 10.2 Å². The van der Waals surface area contributed by atoms with Crippen molar-refractivity contribution in [3.63, 3.8) is 0 Å². The SMILES string of the molecule is Cc1cc(Br)cc(CCl)n1.Cl. The molecule has 1 heterocycles. The van der Waals surface area contributed by atoms with Gasteiger partial charge in [0.15, 0.2) is 0 Å². The molecule has 62 valence electrons. The van der Waals surface area contributed by atoms with Crippen molar-refractivity contribution in [2.75, 3.05) is 0 Å². The Labute approximate surface area is 85.7 Å². The van der Waals surface area contributed by atoms with E-state index in [0.717, 1.165) is 15.9 Å². The summed E-state index contributed by atoms with van der Waals surface area (Å²) >= 11 is 8.94. The van der Waals surface area contributed by atoms with E-state index in [0.29, 0.717) is 5.88 Å². The molecule has 0 saturated carbocycles. The van der Waals surface area contributed by atoms with Crippen LogP contribution in [-0.4, -0.2) is 4.98 Å². The second-order valence-corrected chi connectivity index (χ2v) is 3.23. The molecule has 0 spiro atoms. The Hall–Kier alpha value is 0.210. The first kappa shape index (κ1) is 11.2. The molecule has 0 saturated heterocycles. The number of hydrogen-bond donors (Lipinski definition) is 0. The fourth-order valence-electron chi connectivity index (χ4n) is 0.760. The standard InChI is InChI=1S/C7H7BrClN.ClH/c1-5-2-6(8)3-7(4-9)10-5;/h2-3H,4H2,1H3;1H. The Kier molecular flexibility index (Phi) is 5.06. The van der Waals surface area contributed by atoms with Crippen molar-refractivity contribution in [2.24, 2.45) is 0 Å². The number of nitrogens with zero attached hydrogens (tertiary/aromatic N) is 1. The molecule has 11 heavy (non-hydrogen) atoms. The van der Waals surface area contributed by atoms with Gasteiger partial charge in [0.2, 0.25) is 0 Å². The van der Waals surface area contributed by atoms with Crippen LogP contribution in [0.2, 0.25) is 0 Å². The lowest BCUT2D eigenvalue weighted by molar-refractivity contribution is 1.09. The number of aromatic nitrogens is 1. The van der Waals surface area contributed by atoms with E-state index in [2.05, 4.69) is 20.9 Å². The van der Waals surface area contributed by atoms with Crippen LogP contribution < -0.4 is 0 Å². The Bertz CT molecular complexity index is 220. The molecule has 1 rings (SSSR count). The highest BCUT2D eigenvalue weighted by atomic mass is 79.9. The number of pyridine rings is 1. The zero-order valence-electron chi connectivity index (χ0n) is 5.97. The molecule has 1 aromatic rings. The van der Waals surface area contributed by atoms with Crippen molar-refractivity contribution in [2.45, 2.75) is 12.8 Å². The van der Waals surface area contributed by atoms with Crippen molar-refractivity contribution in [3.05, 3.63) is 28.0 Å². The second kappa shape index (κ2) is 4.96. The van der Waals surface area contributed by atoms with Gasteiger partial charge in [0.05, 0.1) is 11.6 Å². The molecule has 0 amide bonds. The Morgan fingerprint density at radius 2 is 2.18 bits per heavy atom. The molecular weight excluding hydrogens is 249 g/mol. The third-order valence-electron chi connectivity index (χ3n) is 1.11. The van der Waals surface area contributed by atoms with Crippen molar-refractivity contribution >= 4 is 39.9 Å². The van der Waals surface area contributed by atoms with Gasteiger partial charge in [-0.15, -0.1) is 24.0 Å². The summed E-state index contributed by atoms with van der Waals surface area (Å²) in [5.41, 5.74) is 1.90. The van der Waals surface area contributed by atoms with E-state index in [1.807, 2.05) is 19.1 Å². The van der Waals surface area contributed by atoms with Gasteiger partial charge in [0.1, 0.15) is 0 Å². The van der Waals surface area contributed by atoms with E-state index in [1.165, 1.54) is 0 Å². The Morgan fingerprint density at radius 3 is 2.64 bits per heavy atom. The summed E-state index contributed by atoms with van der Waals surface area (Å²) in [7, 11) is 0. The number of rotatable bonds is 1. The fraction of sp³-hybridized carbons (Fsp3) is 0.286. The van der Waals surface area contributed by atoms with Gasteiger partial charge >= 0.3 is 0 Å². The lowest BCUT2D eigenvalue weighted by atomic mass is 10.3. The quantitative estimate of drug-likeness (QED) is 0.703. The van der Waals surface area contributed by atoms with Crippen molar-refractivity contribution in [3.8, 4) is 0 Å². The first-order valence-corrected chi connectivity index (χ1v) is 4.24. The molecule has 1 nitrogen and oxygen atoms in total. The van der Waals surface area contributed by atoms with Crippen molar-refractivity contribution < 1.29 is 0 Å². The Balaban J connectivity index is 0.000001000. The highest BCUT2D eigenvalue weighted by Crippen LogP contribution is 2.13. The molecule has 0 radical (unpaired) electrons. The smallest absolute Gasteiger partial charge is 0.0647 e. The maximum atomic E-state index is 5.59. The second-order valence-electron chi connectivity index (χ2n) is 2.05. The summed E-state index contributed by atoms with van der Waals surface area (Å²) in [4.78, 5) is 4.19. The first-order valence-electron chi connectivity index (χ1n) is 2.91. The van der Waals surface area contributed by atoms with Crippen LogP contribution in [0.1, 0.15) is 11.4 Å². The third-order valence-corrected chi connectivity index (χ3v) is 1.84. The largest absolute Gasteiger partial charge is 0.257 e. The van der Waals surface area contributed by atoms with E-state index in [9.17, 15) is 0 Å². The van der Waals surface area contributed by atoms with Crippen molar-refractivity contribution in [1.82, 2.24) is 4.98 Å². The van der Waals surface area contributed by atoms with Gasteiger partial charge in [0.25, 0.3) is 0 Å². The molecular formula is C7H8BrCl2N. The van der Waals surface area contributed by atoms with Crippen LogP contribution in [0.3, 0.4) is 0 Å². The van der Waals surface area contributed by atoms with E-state index >= 15 is 0 Å². The molecule has 0 bridgehead atoms. The minimum absolute atomic E-state index is 0. The highest BCUT2D eigenvalue weighted by molar-refractivity contribution is 9.10. The summed E-state index contributed by atoms with van der Waals surface area (Å²) in [5, 5.41) is 0. The minimum atomic E-state index is 0. The molecule has 0 N–H and O–H groups in total. The van der Waals surface area contributed by atoms with E-state index < -0.39 is 0 Å². The molecule has 1 aromatic heterocycles. The van der Waals surface area contributed by atoms with Gasteiger partial charge in [-0.1, -0.05) is 15.9 Å². The average Bonchev–Trinajstić information content (AvgIpc) is 1.85. The lowest BCUT2D eigenvalue weighted by Gasteiger charge is -1.97. The molecule has 0 fully saturated rings. The van der Waals surface area contributed by atoms with E-state index in [-0.39, 0.29) is 12.4 Å². The van der Waals surface area contributed by atoms with Crippen LogP contribution in [0.25, 0.3) is 0 Å². The number of aryl methyl sites for hydroxylation is 1. The highest BCUT2D eigenvalue weighted by Gasteiger charge is 1.94. The minimum Gasteiger partial charge on any atom is -0.257 e. The van der Waals surface area contributed by atoms with Gasteiger partial charge < -0.3 is 0 Å². The van der Waals surface area contributed by atoms with Crippen LogP contribution >= 0.6 is 39.9 Å². The average molecular weight is 257 g/mol. The maximum absolute atomic E-state index is 5.59. The summed E-state index contributed by atoms with van der Waals surface area (Å²) < 4.78 is 1.04. The summed E-state index contributed by atoms with van der Waals surface area (Å²) in [6, 6.07) is 3.87. The van der Waals surface area contributed by atoms with Crippen LogP contribution in [-0.2, 0) is 5.88 Å². The molecule has 0 atom stereocenters. The molecule has 0 aromatic carbocycles. The summed E-state index contributed by atoms with van der Waals surface area (Å²) in [6.07, 6.45) is 0. The van der Waals surface area contributed by atoms with Gasteiger partial charge in [-0.3, -0.25) is 4.98 Å². The van der Waals surface area contributed by atoms with E-state index in [4.69, 9.17) is 11.6 Å². The summed E-state index contributed by atoms with van der Waals surface area (Å²) in [6.45, 7) is 1.95. The van der Waals surface area contributed by atoms with Gasteiger partial charge in [-0.2, -0.15) is 0 Å². The monoisotopic (exact) mass is 255 g/mol. The maximum Gasteiger partial charge on any atom is 0.0647 e. The lowest BCUT2D eigenvalue weighted by Crippen LogP contribution is -1.87. The third kappa shape index (κ3) is 3.41. The predicted octanol–water partition coefficient (Wildman–Crippen LogP) is 3.31. The predicted molar refractivity (Wildman–Crippen MR) is 53.5 cm³/mol. The number of halogens is 3. The number of hydrogen-bond acceptors (Lipinski definition) is 1. The van der Waals surface area contributed by atoms with Gasteiger partial charge in [-0.05, 0) is 19.1 Å². The molecule has 0 unspecified atom stereocenters. The molecule has 0 aliphatic carbocycles. The molecule has 4 heteroatoms. The zero-order valence-corrected chi connectivity index (χ0v) is 9.13. The summed E-state index contributed by atoms with van der Waals surface area (Å²) in [5.74, 6) is 0.473. The van der Waals surface area contributed by atoms with Crippen LogP contribution in [0.4, 0.5) is 0 Å². The molecule has 0 aliphatic rings.